The maximum atomic E-state index is 12.5. The highest BCUT2D eigenvalue weighted by molar-refractivity contribution is 5.61. The Morgan fingerprint density at radius 3 is 1.52 bits per heavy atom. The van der Waals surface area contributed by atoms with E-state index in [0.717, 1.165) is 5.01 Å². The predicted octanol–water partition coefficient (Wildman–Crippen LogP) is 3.85. The van der Waals surface area contributed by atoms with E-state index in [0.29, 0.717) is 11.4 Å². The highest BCUT2D eigenvalue weighted by Gasteiger charge is 2.31. The van der Waals surface area contributed by atoms with Crippen molar-refractivity contribution in [2.75, 3.05) is 11.6 Å². The van der Waals surface area contributed by atoms with Crippen LogP contribution in [-0.4, -0.2) is 18.0 Å². The van der Waals surface area contributed by atoms with Gasteiger partial charge in [0.1, 0.15) is 0 Å². The molecule has 6 heteroatoms. The molecule has 0 fully saturated rings. The average molecular weight is 298 g/mol. The summed E-state index contributed by atoms with van der Waals surface area (Å²) in [7, 11) is 0. The van der Waals surface area contributed by atoms with Gasteiger partial charge in [-0.05, 0) is 31.2 Å². The molecule has 0 radical (unpaired) electrons. The number of nitrogens with one attached hydrogen (secondary N) is 1. The quantitative estimate of drug-likeness (QED) is 0.667. The first-order valence-electron chi connectivity index (χ1n) is 6.33. The van der Waals surface area contributed by atoms with Crippen molar-refractivity contribution >= 4 is 11.4 Å². The van der Waals surface area contributed by atoms with Crippen molar-refractivity contribution in [3.05, 3.63) is 60.7 Å². The first-order chi connectivity index (χ1) is 9.98. The van der Waals surface area contributed by atoms with Crippen LogP contribution in [0, 0.1) is 0 Å². The molecular weight excluding hydrogens is 281 g/mol. The van der Waals surface area contributed by atoms with Crippen LogP contribution in [0.4, 0.5) is 24.5 Å². The van der Waals surface area contributed by atoms with Crippen molar-refractivity contribution in [1.82, 2.24) is 5.43 Å². The molecule has 2 aromatic carbocycles. The molecule has 21 heavy (non-hydrogen) atoms. The molecule has 0 bridgehead atoms. The normalized spacial score (nSPS) is 10.5. The molecule has 2 N–H and O–H groups in total. The summed E-state index contributed by atoms with van der Waals surface area (Å²) in [4.78, 5) is 0. The highest BCUT2D eigenvalue weighted by Crippen LogP contribution is 2.25. The lowest BCUT2D eigenvalue weighted by atomic mass is 10.2. The van der Waals surface area contributed by atoms with Gasteiger partial charge in [0.2, 0.25) is 0 Å². The number of rotatable bonds is 3. The fourth-order valence-electron chi connectivity index (χ4n) is 1.56. The zero-order valence-electron chi connectivity index (χ0n) is 11.5. The Labute approximate surface area is 121 Å². The van der Waals surface area contributed by atoms with Crippen LogP contribution in [0.2, 0.25) is 0 Å². The number of hydrogen-bond acceptors (Lipinski definition) is 3. The van der Waals surface area contributed by atoms with Crippen LogP contribution in [0.3, 0.4) is 0 Å². The predicted molar refractivity (Wildman–Crippen MR) is 77.0 cm³/mol. The Bertz CT molecular complexity index is 464. The smallest absolute Gasteiger partial charge is 0.397 e. The third kappa shape index (κ3) is 6.29. The minimum absolute atomic E-state index is 0.250. The standard InChI is InChI=1S/C13H11F3N2.C2H6O/c14-13(15,16)17-18(11-7-3-1-4-8-11)12-9-5-2-6-10-12;1-2-3/h1-10,17H;3H,2H2,1H3. The summed E-state index contributed by atoms with van der Waals surface area (Å²) in [5, 5.41) is 8.57. The lowest BCUT2D eigenvalue weighted by molar-refractivity contribution is -0.156. The van der Waals surface area contributed by atoms with E-state index in [1.54, 1.807) is 67.6 Å². The van der Waals surface area contributed by atoms with Crippen LogP contribution >= 0.6 is 0 Å². The number of hydrazine groups is 1. The second-order valence-electron chi connectivity index (χ2n) is 3.93. The van der Waals surface area contributed by atoms with Crippen molar-refractivity contribution in [3.8, 4) is 0 Å². The maximum Gasteiger partial charge on any atom is 0.475 e. The third-order valence-electron chi connectivity index (χ3n) is 2.27. The topological polar surface area (TPSA) is 35.5 Å². The van der Waals surface area contributed by atoms with Crippen molar-refractivity contribution in [2.45, 2.75) is 13.2 Å². The van der Waals surface area contributed by atoms with E-state index < -0.39 is 6.30 Å². The van der Waals surface area contributed by atoms with Crippen molar-refractivity contribution in [2.24, 2.45) is 0 Å². The molecule has 0 aliphatic heterocycles. The number of aliphatic hydroxyl groups is 1. The van der Waals surface area contributed by atoms with Crippen LogP contribution in [0.1, 0.15) is 6.92 Å². The molecule has 0 spiro atoms. The number of para-hydroxylation sites is 2. The zero-order chi connectivity index (χ0) is 15.7. The SMILES string of the molecule is CCO.FC(F)(F)NN(c1ccccc1)c1ccccc1. The van der Waals surface area contributed by atoms with Gasteiger partial charge in [-0.25, -0.2) is 0 Å². The van der Waals surface area contributed by atoms with Crippen LogP contribution in [0.15, 0.2) is 60.7 Å². The van der Waals surface area contributed by atoms with Crippen molar-refractivity contribution in [3.63, 3.8) is 0 Å². The Morgan fingerprint density at radius 1 is 0.905 bits per heavy atom. The number of hydrogen-bond donors (Lipinski definition) is 2. The third-order valence-corrected chi connectivity index (χ3v) is 2.27. The first kappa shape index (κ1) is 17.0. The molecule has 2 rings (SSSR count). The van der Waals surface area contributed by atoms with Crippen molar-refractivity contribution in [1.29, 1.82) is 0 Å². The summed E-state index contributed by atoms with van der Waals surface area (Å²) in [5.74, 6) is 0. The molecular formula is C15H17F3N2O. The molecule has 0 aromatic heterocycles. The monoisotopic (exact) mass is 298 g/mol. The van der Waals surface area contributed by atoms with E-state index in [4.69, 9.17) is 5.11 Å². The Morgan fingerprint density at radius 2 is 1.24 bits per heavy atom. The van der Waals surface area contributed by atoms with E-state index in [1.165, 1.54) is 5.43 Å². The summed E-state index contributed by atoms with van der Waals surface area (Å²) >= 11 is 0. The fraction of sp³-hybridized carbons (Fsp3) is 0.200. The van der Waals surface area contributed by atoms with Gasteiger partial charge >= 0.3 is 6.30 Å². The average Bonchev–Trinajstić information content (AvgIpc) is 2.47. The van der Waals surface area contributed by atoms with E-state index in [-0.39, 0.29) is 6.61 Å². The zero-order valence-corrected chi connectivity index (χ0v) is 11.5. The largest absolute Gasteiger partial charge is 0.475 e. The molecule has 0 atom stereocenters. The molecule has 3 nitrogen and oxygen atoms in total. The number of alkyl halides is 3. The van der Waals surface area contributed by atoms with Gasteiger partial charge in [-0.1, -0.05) is 36.4 Å². The molecule has 0 unspecified atom stereocenters. The Kier molecular flexibility index (Phi) is 6.71. The van der Waals surface area contributed by atoms with Gasteiger partial charge in [-0.15, -0.1) is 5.43 Å². The molecule has 0 aliphatic carbocycles. The minimum Gasteiger partial charge on any atom is -0.397 e. The molecule has 0 amide bonds. The first-order valence-corrected chi connectivity index (χ1v) is 6.33. The number of nitrogens with zero attached hydrogens (tertiary/aromatic N) is 1. The fourth-order valence-corrected chi connectivity index (χ4v) is 1.56. The Balaban J connectivity index is 0.000000677. The second kappa shape index (κ2) is 8.28. The van der Waals surface area contributed by atoms with Crippen molar-refractivity contribution < 1.29 is 18.3 Å². The van der Waals surface area contributed by atoms with Gasteiger partial charge in [-0.2, -0.15) is 13.2 Å². The lowest BCUT2D eigenvalue weighted by Crippen LogP contribution is -2.44. The summed E-state index contributed by atoms with van der Waals surface area (Å²) in [5.41, 5.74) is 2.36. The number of halogens is 3. The van der Waals surface area contributed by atoms with Gasteiger partial charge in [0.25, 0.3) is 0 Å². The van der Waals surface area contributed by atoms with Crippen LogP contribution < -0.4 is 10.4 Å². The molecule has 0 heterocycles. The molecule has 0 saturated carbocycles. The van der Waals surface area contributed by atoms with Crippen LogP contribution in [-0.2, 0) is 0 Å². The van der Waals surface area contributed by atoms with Gasteiger partial charge < -0.3 is 5.11 Å². The molecule has 0 aliphatic rings. The van der Waals surface area contributed by atoms with E-state index >= 15 is 0 Å². The second-order valence-corrected chi connectivity index (χ2v) is 3.93. The Hall–Kier alpha value is -2.05. The van der Waals surface area contributed by atoms with E-state index in [1.807, 2.05) is 0 Å². The number of aliphatic hydroxyl groups excluding tert-OH is 1. The van der Waals surface area contributed by atoms with E-state index in [2.05, 4.69) is 0 Å². The van der Waals surface area contributed by atoms with Gasteiger partial charge in [0.15, 0.2) is 0 Å². The van der Waals surface area contributed by atoms with Gasteiger partial charge in [0, 0.05) is 6.61 Å². The molecule has 0 saturated heterocycles. The van der Waals surface area contributed by atoms with Gasteiger partial charge in [0.05, 0.1) is 11.4 Å². The lowest BCUT2D eigenvalue weighted by Gasteiger charge is -2.26. The summed E-state index contributed by atoms with van der Waals surface area (Å²) < 4.78 is 37.6. The summed E-state index contributed by atoms with van der Waals surface area (Å²) in [6.07, 6.45) is -4.49. The number of anilines is 2. The maximum absolute atomic E-state index is 12.5. The molecule has 114 valence electrons. The highest BCUT2D eigenvalue weighted by atomic mass is 19.4. The number of benzene rings is 2. The molecule has 2 aromatic rings. The van der Waals surface area contributed by atoms with Gasteiger partial charge in [-0.3, -0.25) is 5.01 Å². The summed E-state index contributed by atoms with van der Waals surface area (Å²) in [6.45, 7) is 1.93. The summed E-state index contributed by atoms with van der Waals surface area (Å²) in [6, 6.07) is 16.6. The van der Waals surface area contributed by atoms with Crippen LogP contribution in [0.5, 0.6) is 0 Å². The minimum atomic E-state index is -4.49. The van der Waals surface area contributed by atoms with Crippen LogP contribution in [0.25, 0.3) is 0 Å². The van der Waals surface area contributed by atoms with E-state index in [9.17, 15) is 13.2 Å².